The van der Waals surface area contributed by atoms with E-state index in [1.54, 1.807) is 17.0 Å². The maximum Gasteiger partial charge on any atom is 0.251 e. The van der Waals surface area contributed by atoms with Crippen molar-refractivity contribution >= 4 is 17.5 Å². The zero-order valence-electron chi connectivity index (χ0n) is 14.6. The molecule has 0 radical (unpaired) electrons. The summed E-state index contributed by atoms with van der Waals surface area (Å²) in [6.07, 6.45) is 3.40. The maximum absolute atomic E-state index is 12.6. The molecular weight excluding hydrogens is 312 g/mol. The van der Waals surface area contributed by atoms with Crippen LogP contribution >= 0.6 is 0 Å². The molecule has 0 aromatic heterocycles. The highest BCUT2D eigenvalue weighted by atomic mass is 16.2. The van der Waals surface area contributed by atoms with Crippen molar-refractivity contribution < 1.29 is 9.59 Å². The molecule has 1 aliphatic rings. The largest absolute Gasteiger partial charge is 0.345 e. The molecule has 25 heavy (non-hydrogen) atoms. The van der Waals surface area contributed by atoms with Crippen LogP contribution in [0.15, 0.2) is 54.6 Å². The van der Waals surface area contributed by atoms with Gasteiger partial charge in [-0.2, -0.15) is 0 Å². The summed E-state index contributed by atoms with van der Waals surface area (Å²) in [7, 11) is 0. The number of carbonyl (C=O) groups excluding carboxylic acids is 2. The Hall–Kier alpha value is -2.62. The van der Waals surface area contributed by atoms with Crippen molar-refractivity contribution in [3.8, 4) is 0 Å². The van der Waals surface area contributed by atoms with Crippen LogP contribution in [0.2, 0.25) is 0 Å². The fourth-order valence-corrected chi connectivity index (χ4v) is 3.25. The van der Waals surface area contributed by atoms with Crippen LogP contribution in [0.25, 0.3) is 0 Å². The third-order valence-corrected chi connectivity index (χ3v) is 4.60. The summed E-state index contributed by atoms with van der Waals surface area (Å²) in [6.45, 7) is 2.88. The molecular formula is C21H24N2O2. The van der Waals surface area contributed by atoms with Gasteiger partial charge in [0.2, 0.25) is 5.91 Å². The Bertz CT molecular complexity index is 725. The van der Waals surface area contributed by atoms with Gasteiger partial charge < -0.3 is 10.2 Å². The molecule has 1 saturated heterocycles. The van der Waals surface area contributed by atoms with Crippen molar-refractivity contribution in [3.05, 3.63) is 65.7 Å². The predicted molar refractivity (Wildman–Crippen MR) is 99.6 cm³/mol. The number of amides is 2. The van der Waals surface area contributed by atoms with Gasteiger partial charge in [-0.3, -0.25) is 9.59 Å². The van der Waals surface area contributed by atoms with Gasteiger partial charge in [0.1, 0.15) is 0 Å². The van der Waals surface area contributed by atoms with Gasteiger partial charge in [-0.05, 0) is 42.7 Å². The van der Waals surface area contributed by atoms with Crippen molar-refractivity contribution in [1.29, 1.82) is 0 Å². The van der Waals surface area contributed by atoms with Gasteiger partial charge in [-0.25, -0.2) is 0 Å². The average Bonchev–Trinajstić information content (AvgIpc) is 3.08. The highest BCUT2D eigenvalue weighted by molar-refractivity contribution is 5.97. The lowest BCUT2D eigenvalue weighted by Crippen LogP contribution is -2.28. The topological polar surface area (TPSA) is 49.4 Å². The number of nitrogens with one attached hydrogen (secondary N) is 1. The quantitative estimate of drug-likeness (QED) is 0.864. The first-order valence-corrected chi connectivity index (χ1v) is 8.95. The third kappa shape index (κ3) is 4.08. The van der Waals surface area contributed by atoms with E-state index in [-0.39, 0.29) is 17.9 Å². The first kappa shape index (κ1) is 17.2. The van der Waals surface area contributed by atoms with Crippen molar-refractivity contribution in [3.63, 3.8) is 0 Å². The summed E-state index contributed by atoms with van der Waals surface area (Å²) < 4.78 is 0. The zero-order valence-corrected chi connectivity index (χ0v) is 14.6. The van der Waals surface area contributed by atoms with Crippen LogP contribution < -0.4 is 10.2 Å². The molecule has 1 atom stereocenters. The molecule has 1 fully saturated rings. The van der Waals surface area contributed by atoms with Gasteiger partial charge in [-0.1, -0.05) is 43.7 Å². The normalized spacial score (nSPS) is 15.2. The molecule has 4 nitrogen and oxygen atoms in total. The second-order valence-corrected chi connectivity index (χ2v) is 6.42. The van der Waals surface area contributed by atoms with Gasteiger partial charge in [0.15, 0.2) is 0 Å². The van der Waals surface area contributed by atoms with Crippen LogP contribution in [0, 0.1) is 0 Å². The van der Waals surface area contributed by atoms with E-state index in [0.29, 0.717) is 12.0 Å². The van der Waals surface area contributed by atoms with Crippen LogP contribution in [0.5, 0.6) is 0 Å². The summed E-state index contributed by atoms with van der Waals surface area (Å²) in [4.78, 5) is 26.2. The lowest BCUT2D eigenvalue weighted by molar-refractivity contribution is -0.117. The Kier molecular flexibility index (Phi) is 5.49. The lowest BCUT2D eigenvalue weighted by Gasteiger charge is -2.19. The number of hydrogen-bond donors (Lipinski definition) is 1. The van der Waals surface area contributed by atoms with E-state index in [2.05, 4.69) is 12.2 Å². The molecule has 0 spiro atoms. The molecule has 1 heterocycles. The first-order valence-electron chi connectivity index (χ1n) is 8.95. The fraction of sp³-hybridized carbons (Fsp3) is 0.333. The molecule has 4 heteroatoms. The van der Waals surface area contributed by atoms with Crippen molar-refractivity contribution in [2.75, 3.05) is 11.4 Å². The Morgan fingerprint density at radius 1 is 1.12 bits per heavy atom. The monoisotopic (exact) mass is 336 g/mol. The maximum atomic E-state index is 12.6. The first-order chi connectivity index (χ1) is 12.2. The Labute approximate surface area is 148 Å². The molecule has 1 N–H and O–H groups in total. The second kappa shape index (κ2) is 7.97. The third-order valence-electron chi connectivity index (χ3n) is 4.60. The predicted octanol–water partition coefficient (Wildman–Crippen LogP) is 4.08. The highest BCUT2D eigenvalue weighted by Crippen LogP contribution is 2.23. The molecule has 2 aromatic rings. The molecule has 2 amide bonds. The summed E-state index contributed by atoms with van der Waals surface area (Å²) >= 11 is 0. The number of benzene rings is 2. The summed E-state index contributed by atoms with van der Waals surface area (Å²) in [5, 5.41) is 3.13. The van der Waals surface area contributed by atoms with Gasteiger partial charge in [0.25, 0.3) is 5.91 Å². The minimum Gasteiger partial charge on any atom is -0.345 e. The molecule has 2 aromatic carbocycles. The number of nitrogens with zero attached hydrogens (tertiary/aromatic N) is 1. The lowest BCUT2D eigenvalue weighted by atomic mass is 10.0. The van der Waals surface area contributed by atoms with E-state index in [1.807, 2.05) is 42.5 Å². The summed E-state index contributed by atoms with van der Waals surface area (Å²) in [5.74, 6) is 0.0749. The van der Waals surface area contributed by atoms with Crippen LogP contribution in [0.3, 0.4) is 0 Å². The minimum absolute atomic E-state index is 0.0125. The fourth-order valence-electron chi connectivity index (χ4n) is 3.25. The molecule has 1 unspecified atom stereocenters. The van der Waals surface area contributed by atoms with Gasteiger partial charge in [0.05, 0.1) is 6.04 Å². The number of rotatable bonds is 6. The summed E-state index contributed by atoms with van der Waals surface area (Å²) in [5.41, 5.74) is 2.61. The Morgan fingerprint density at radius 2 is 1.84 bits per heavy atom. The van der Waals surface area contributed by atoms with Crippen LogP contribution in [0.1, 0.15) is 54.6 Å². The van der Waals surface area contributed by atoms with E-state index in [9.17, 15) is 9.59 Å². The number of carbonyl (C=O) groups is 2. The number of anilines is 1. The average molecular weight is 336 g/mol. The molecule has 1 aliphatic heterocycles. The summed E-state index contributed by atoms with van der Waals surface area (Å²) in [6, 6.07) is 17.4. The van der Waals surface area contributed by atoms with Gasteiger partial charge in [-0.15, -0.1) is 0 Å². The number of hydrogen-bond acceptors (Lipinski definition) is 2. The molecule has 130 valence electrons. The van der Waals surface area contributed by atoms with E-state index in [0.717, 1.165) is 37.1 Å². The molecule has 0 bridgehead atoms. The smallest absolute Gasteiger partial charge is 0.251 e. The minimum atomic E-state index is -0.0819. The van der Waals surface area contributed by atoms with Gasteiger partial charge in [0, 0.05) is 24.2 Å². The zero-order chi connectivity index (χ0) is 17.6. The Balaban J connectivity index is 1.70. The van der Waals surface area contributed by atoms with Crippen LogP contribution in [-0.4, -0.2) is 18.4 Å². The molecule has 0 aliphatic carbocycles. The van der Waals surface area contributed by atoms with E-state index >= 15 is 0 Å². The Morgan fingerprint density at radius 3 is 2.44 bits per heavy atom. The highest BCUT2D eigenvalue weighted by Gasteiger charge is 2.22. The van der Waals surface area contributed by atoms with Gasteiger partial charge >= 0.3 is 0 Å². The van der Waals surface area contributed by atoms with E-state index in [1.165, 1.54) is 0 Å². The van der Waals surface area contributed by atoms with Crippen LogP contribution in [-0.2, 0) is 4.79 Å². The van der Waals surface area contributed by atoms with Crippen LogP contribution in [0.4, 0.5) is 5.69 Å². The van der Waals surface area contributed by atoms with E-state index < -0.39 is 0 Å². The molecule has 0 saturated carbocycles. The second-order valence-electron chi connectivity index (χ2n) is 6.42. The SMILES string of the molecule is CCCC(NC(=O)c1ccc(N2CCCC2=O)cc1)c1ccccc1. The van der Waals surface area contributed by atoms with Crippen molar-refractivity contribution in [1.82, 2.24) is 5.32 Å². The van der Waals surface area contributed by atoms with Crippen molar-refractivity contribution in [2.24, 2.45) is 0 Å². The standard InChI is InChI=1S/C21H24N2O2/c1-2-7-19(16-8-4-3-5-9-16)22-21(25)17-11-13-18(14-12-17)23-15-6-10-20(23)24/h3-5,8-9,11-14,19H,2,6-7,10,15H2,1H3,(H,22,25). The molecule has 3 rings (SSSR count). The van der Waals surface area contributed by atoms with E-state index in [4.69, 9.17) is 0 Å². The van der Waals surface area contributed by atoms with Crippen molar-refractivity contribution in [2.45, 2.75) is 38.6 Å².